The molecule has 70 valence electrons. The maximum absolute atomic E-state index is 4.82. The van der Waals surface area contributed by atoms with Gasteiger partial charge in [-0.05, 0) is 17.8 Å². The summed E-state index contributed by atoms with van der Waals surface area (Å²) in [5, 5.41) is 7.97. The van der Waals surface area contributed by atoms with Gasteiger partial charge in [-0.15, -0.1) is 10.2 Å². The standard InChI is InChI=1S/C10H9N3S/c1-7(8-5-3-2-4-6-8)9-11-10(14)13-12-9/h2-7H,1H3. The van der Waals surface area contributed by atoms with Gasteiger partial charge < -0.3 is 0 Å². The van der Waals surface area contributed by atoms with Gasteiger partial charge in [-0.1, -0.05) is 37.3 Å². The van der Waals surface area contributed by atoms with E-state index in [9.17, 15) is 0 Å². The summed E-state index contributed by atoms with van der Waals surface area (Å²) in [5.74, 6) is 0.849. The first-order valence-electron chi connectivity index (χ1n) is 4.36. The topological polar surface area (TPSA) is 37.1 Å². The number of amidine groups is 1. The Morgan fingerprint density at radius 1 is 1.14 bits per heavy atom. The van der Waals surface area contributed by atoms with Crippen molar-refractivity contribution >= 4 is 23.2 Å². The Kier molecular flexibility index (Phi) is 2.45. The van der Waals surface area contributed by atoms with Crippen LogP contribution in [0.2, 0.25) is 0 Å². The Morgan fingerprint density at radius 2 is 1.86 bits per heavy atom. The fourth-order valence-electron chi connectivity index (χ4n) is 1.31. The highest BCUT2D eigenvalue weighted by molar-refractivity contribution is 7.80. The number of benzene rings is 1. The number of rotatable bonds is 2. The van der Waals surface area contributed by atoms with Gasteiger partial charge >= 0.3 is 0 Å². The van der Waals surface area contributed by atoms with Crippen LogP contribution < -0.4 is 0 Å². The van der Waals surface area contributed by atoms with Crippen LogP contribution in [0.5, 0.6) is 0 Å². The molecule has 1 aromatic carbocycles. The first kappa shape index (κ1) is 9.15. The second kappa shape index (κ2) is 3.75. The predicted molar refractivity (Wildman–Crippen MR) is 59.7 cm³/mol. The fraction of sp³-hybridized carbons (Fsp3) is 0.200. The number of azo groups is 1. The molecule has 1 atom stereocenters. The van der Waals surface area contributed by atoms with Crippen molar-refractivity contribution in [2.24, 2.45) is 15.2 Å². The molecule has 3 nitrogen and oxygen atoms in total. The van der Waals surface area contributed by atoms with Crippen LogP contribution >= 0.6 is 12.2 Å². The molecular formula is C10H9N3S. The number of nitrogens with zero attached hydrogens (tertiary/aromatic N) is 3. The Balaban J connectivity index is 2.26. The van der Waals surface area contributed by atoms with Gasteiger partial charge in [0.05, 0.1) is 0 Å². The van der Waals surface area contributed by atoms with Crippen molar-refractivity contribution in [2.45, 2.75) is 12.8 Å². The zero-order valence-electron chi connectivity index (χ0n) is 7.71. The normalized spacial score (nSPS) is 16.9. The van der Waals surface area contributed by atoms with Crippen molar-refractivity contribution in [3.05, 3.63) is 35.9 Å². The van der Waals surface area contributed by atoms with Crippen molar-refractivity contribution < 1.29 is 0 Å². The first-order chi connectivity index (χ1) is 6.77. The SMILES string of the molecule is CC(C1=NC(=S)N=N1)c1ccccc1. The lowest BCUT2D eigenvalue weighted by atomic mass is 10.0. The van der Waals surface area contributed by atoms with Gasteiger partial charge in [0.1, 0.15) is 0 Å². The van der Waals surface area contributed by atoms with E-state index in [1.54, 1.807) is 0 Å². The zero-order chi connectivity index (χ0) is 9.97. The highest BCUT2D eigenvalue weighted by Crippen LogP contribution is 2.20. The molecule has 0 radical (unpaired) electrons. The lowest BCUT2D eigenvalue weighted by Gasteiger charge is -2.07. The monoisotopic (exact) mass is 203 g/mol. The van der Waals surface area contributed by atoms with Crippen LogP contribution in [0.25, 0.3) is 0 Å². The molecule has 0 bridgehead atoms. The Labute approximate surface area is 87.6 Å². The molecular weight excluding hydrogens is 194 g/mol. The summed E-state index contributed by atoms with van der Waals surface area (Å²) in [4.78, 5) is 4.08. The third-order valence-corrected chi connectivity index (χ3v) is 2.31. The number of hydrogen-bond donors (Lipinski definition) is 0. The van der Waals surface area contributed by atoms with E-state index < -0.39 is 0 Å². The number of thiocarbonyl (C=S) groups is 1. The Morgan fingerprint density at radius 3 is 2.43 bits per heavy atom. The number of aliphatic imine (C=N–C) groups is 1. The summed E-state index contributed by atoms with van der Waals surface area (Å²) < 4.78 is 0. The van der Waals surface area contributed by atoms with E-state index in [4.69, 9.17) is 12.2 Å². The summed E-state index contributed by atoms with van der Waals surface area (Å²) in [6, 6.07) is 10.1. The molecule has 0 spiro atoms. The minimum absolute atomic E-state index is 0.153. The summed E-state index contributed by atoms with van der Waals surface area (Å²) in [5.41, 5.74) is 1.18. The average molecular weight is 203 g/mol. The lowest BCUT2D eigenvalue weighted by Crippen LogP contribution is -2.04. The average Bonchev–Trinajstić information content (AvgIpc) is 2.65. The Bertz CT molecular complexity index is 409. The van der Waals surface area contributed by atoms with Crippen molar-refractivity contribution in [1.29, 1.82) is 0 Å². The summed E-state index contributed by atoms with van der Waals surface area (Å²) in [6.45, 7) is 2.04. The van der Waals surface area contributed by atoms with E-state index in [1.807, 2.05) is 37.3 Å². The number of hydrogen-bond acceptors (Lipinski definition) is 2. The summed E-state index contributed by atoms with van der Waals surface area (Å²) in [6.07, 6.45) is 0. The minimum atomic E-state index is 0.153. The van der Waals surface area contributed by atoms with E-state index in [1.165, 1.54) is 5.56 Å². The van der Waals surface area contributed by atoms with Gasteiger partial charge in [-0.3, -0.25) is 0 Å². The highest BCUT2D eigenvalue weighted by atomic mass is 32.1. The van der Waals surface area contributed by atoms with Crippen LogP contribution in [0.3, 0.4) is 0 Å². The molecule has 1 unspecified atom stereocenters. The largest absolute Gasteiger partial charge is 0.241 e. The maximum atomic E-state index is 4.82. The molecule has 0 aliphatic carbocycles. The molecule has 0 saturated carbocycles. The molecule has 1 aliphatic rings. The fourth-order valence-corrected chi connectivity index (χ4v) is 1.45. The van der Waals surface area contributed by atoms with Crippen molar-refractivity contribution in [1.82, 2.24) is 0 Å². The van der Waals surface area contributed by atoms with Gasteiger partial charge in [0, 0.05) is 5.92 Å². The van der Waals surface area contributed by atoms with Gasteiger partial charge in [0.25, 0.3) is 0 Å². The van der Waals surface area contributed by atoms with Gasteiger partial charge in [0.15, 0.2) is 5.84 Å². The zero-order valence-corrected chi connectivity index (χ0v) is 8.53. The molecule has 2 rings (SSSR count). The first-order valence-corrected chi connectivity index (χ1v) is 4.77. The van der Waals surface area contributed by atoms with Gasteiger partial charge in [0.2, 0.25) is 5.11 Å². The van der Waals surface area contributed by atoms with Crippen molar-refractivity contribution in [3.63, 3.8) is 0 Å². The molecule has 1 aromatic rings. The minimum Gasteiger partial charge on any atom is -0.199 e. The third-order valence-electron chi connectivity index (χ3n) is 2.14. The van der Waals surface area contributed by atoms with Crippen molar-refractivity contribution in [2.75, 3.05) is 0 Å². The van der Waals surface area contributed by atoms with Gasteiger partial charge in [-0.2, -0.15) is 4.99 Å². The van der Waals surface area contributed by atoms with Crippen LogP contribution in [-0.4, -0.2) is 10.9 Å². The molecule has 1 aliphatic heterocycles. The van der Waals surface area contributed by atoms with Crippen LogP contribution in [-0.2, 0) is 0 Å². The van der Waals surface area contributed by atoms with Crippen molar-refractivity contribution in [3.8, 4) is 0 Å². The summed E-state index contributed by atoms with van der Waals surface area (Å²) in [7, 11) is 0. The molecule has 0 N–H and O–H groups in total. The van der Waals surface area contributed by atoms with E-state index >= 15 is 0 Å². The summed E-state index contributed by atoms with van der Waals surface area (Å²) >= 11 is 4.82. The molecule has 0 saturated heterocycles. The van der Waals surface area contributed by atoms with Crippen LogP contribution in [0, 0.1) is 0 Å². The molecule has 0 amide bonds. The van der Waals surface area contributed by atoms with E-state index in [0.29, 0.717) is 10.9 Å². The Hall–Kier alpha value is -1.42. The molecule has 0 fully saturated rings. The molecule has 14 heavy (non-hydrogen) atoms. The van der Waals surface area contributed by atoms with Crippen LogP contribution in [0.1, 0.15) is 18.4 Å². The second-order valence-corrected chi connectivity index (χ2v) is 3.45. The van der Waals surface area contributed by atoms with E-state index in [0.717, 1.165) is 0 Å². The lowest BCUT2D eigenvalue weighted by molar-refractivity contribution is 1.00. The molecule has 1 heterocycles. The highest BCUT2D eigenvalue weighted by Gasteiger charge is 2.16. The third kappa shape index (κ3) is 1.75. The predicted octanol–water partition coefficient (Wildman–Crippen LogP) is 2.94. The molecule has 0 aromatic heterocycles. The second-order valence-electron chi connectivity index (χ2n) is 3.08. The van der Waals surface area contributed by atoms with E-state index in [-0.39, 0.29) is 5.92 Å². The van der Waals surface area contributed by atoms with E-state index in [2.05, 4.69) is 15.2 Å². The van der Waals surface area contributed by atoms with Gasteiger partial charge in [-0.25, -0.2) is 0 Å². The molecule has 4 heteroatoms. The van der Waals surface area contributed by atoms with Crippen LogP contribution in [0.15, 0.2) is 45.6 Å². The quantitative estimate of drug-likeness (QED) is 0.681. The van der Waals surface area contributed by atoms with Crippen LogP contribution in [0.4, 0.5) is 0 Å². The smallest absolute Gasteiger partial charge is 0.199 e. The maximum Gasteiger partial charge on any atom is 0.241 e.